The first-order valence-corrected chi connectivity index (χ1v) is 4.74. The van der Waals surface area contributed by atoms with Crippen molar-refractivity contribution in [1.29, 1.82) is 0 Å². The molecule has 0 aliphatic heterocycles. The second kappa shape index (κ2) is 4.74. The Morgan fingerprint density at radius 2 is 1.06 bits per heavy atom. The van der Waals surface area contributed by atoms with Gasteiger partial charge in [0, 0.05) is 5.56 Å². The van der Waals surface area contributed by atoms with Gasteiger partial charge in [0.15, 0.2) is 0 Å². The number of phenols is 1. The highest BCUT2D eigenvalue weighted by molar-refractivity contribution is 5.45. The standard InChI is InChI=1S/C9H18N6O/c10-7(11)3-1-5(9(14)15)6(16)2-4(3)8(12)13/h1-2,7-9,16H,10-15H2. The minimum atomic E-state index is -0.819. The zero-order valence-corrected chi connectivity index (χ0v) is 8.80. The number of hydrogen-bond donors (Lipinski definition) is 7. The van der Waals surface area contributed by atoms with Crippen molar-refractivity contribution >= 4 is 0 Å². The number of aromatic hydroxyl groups is 1. The Morgan fingerprint density at radius 1 is 0.688 bits per heavy atom. The normalized spacial score (nSPS) is 11.8. The molecule has 0 aliphatic rings. The van der Waals surface area contributed by atoms with Gasteiger partial charge in [-0.3, -0.25) is 0 Å². The highest BCUT2D eigenvalue weighted by Gasteiger charge is 2.17. The minimum absolute atomic E-state index is 0.0738. The fraction of sp³-hybridized carbons (Fsp3) is 0.333. The molecule has 13 N–H and O–H groups in total. The second-order valence-corrected chi connectivity index (χ2v) is 3.62. The summed E-state index contributed by atoms with van der Waals surface area (Å²) >= 11 is 0. The van der Waals surface area contributed by atoms with Crippen LogP contribution in [0, 0.1) is 0 Å². The zero-order chi connectivity index (χ0) is 12.5. The topological polar surface area (TPSA) is 176 Å². The van der Waals surface area contributed by atoms with Crippen molar-refractivity contribution < 1.29 is 5.11 Å². The molecule has 0 fully saturated rings. The van der Waals surface area contributed by atoms with Gasteiger partial charge in [-0.2, -0.15) is 0 Å². The van der Waals surface area contributed by atoms with E-state index >= 15 is 0 Å². The van der Waals surface area contributed by atoms with Crippen LogP contribution in [0.3, 0.4) is 0 Å². The van der Waals surface area contributed by atoms with E-state index in [9.17, 15) is 5.11 Å². The van der Waals surface area contributed by atoms with Crippen molar-refractivity contribution in [3.63, 3.8) is 0 Å². The van der Waals surface area contributed by atoms with E-state index in [1.54, 1.807) is 0 Å². The fourth-order valence-electron chi connectivity index (χ4n) is 1.48. The van der Waals surface area contributed by atoms with Crippen LogP contribution in [0.15, 0.2) is 12.1 Å². The summed E-state index contributed by atoms with van der Waals surface area (Å²) in [5.41, 5.74) is 34.5. The highest BCUT2D eigenvalue weighted by atomic mass is 16.3. The molecule has 0 aromatic heterocycles. The van der Waals surface area contributed by atoms with Crippen molar-refractivity contribution in [3.05, 3.63) is 28.8 Å². The molecule has 0 bridgehead atoms. The summed E-state index contributed by atoms with van der Waals surface area (Å²) in [6.45, 7) is 0. The van der Waals surface area contributed by atoms with Crippen LogP contribution in [0.1, 0.15) is 35.2 Å². The van der Waals surface area contributed by atoms with E-state index < -0.39 is 18.5 Å². The van der Waals surface area contributed by atoms with Crippen LogP contribution < -0.4 is 34.4 Å². The first-order chi connectivity index (χ1) is 7.34. The van der Waals surface area contributed by atoms with Crippen LogP contribution in [0.2, 0.25) is 0 Å². The van der Waals surface area contributed by atoms with Gasteiger partial charge in [0.2, 0.25) is 0 Å². The van der Waals surface area contributed by atoms with Crippen LogP contribution in [0.5, 0.6) is 5.75 Å². The largest absolute Gasteiger partial charge is 0.508 e. The Morgan fingerprint density at radius 3 is 1.44 bits per heavy atom. The van der Waals surface area contributed by atoms with E-state index in [-0.39, 0.29) is 5.75 Å². The van der Waals surface area contributed by atoms with Crippen molar-refractivity contribution in [2.75, 3.05) is 0 Å². The molecule has 0 saturated carbocycles. The van der Waals surface area contributed by atoms with Gasteiger partial charge < -0.3 is 39.5 Å². The molecule has 7 heteroatoms. The summed E-state index contributed by atoms with van der Waals surface area (Å²) in [6.07, 6.45) is -2.36. The lowest BCUT2D eigenvalue weighted by molar-refractivity contribution is 0.460. The molecule has 1 aromatic carbocycles. The fourth-order valence-corrected chi connectivity index (χ4v) is 1.48. The van der Waals surface area contributed by atoms with Crippen LogP contribution in [-0.2, 0) is 0 Å². The van der Waals surface area contributed by atoms with E-state index in [1.807, 2.05) is 0 Å². The quantitative estimate of drug-likeness (QED) is 0.295. The number of hydrogen-bond acceptors (Lipinski definition) is 7. The van der Waals surface area contributed by atoms with E-state index in [4.69, 9.17) is 34.4 Å². The summed E-state index contributed by atoms with van der Waals surface area (Å²) < 4.78 is 0. The van der Waals surface area contributed by atoms with Gasteiger partial charge in [-0.1, -0.05) is 0 Å². The molecule has 0 amide bonds. The van der Waals surface area contributed by atoms with Gasteiger partial charge in [-0.15, -0.1) is 0 Å². The van der Waals surface area contributed by atoms with Gasteiger partial charge in [-0.05, 0) is 23.3 Å². The Balaban J connectivity index is 3.37. The van der Waals surface area contributed by atoms with Crippen LogP contribution >= 0.6 is 0 Å². The summed E-state index contributed by atoms with van der Waals surface area (Å²) in [5.74, 6) is -0.0738. The molecule has 0 aliphatic carbocycles. The SMILES string of the molecule is NC(N)c1cc(C(N)N)c(C(N)N)cc1O. The molecule has 90 valence electrons. The smallest absolute Gasteiger partial charge is 0.122 e. The van der Waals surface area contributed by atoms with Gasteiger partial charge >= 0.3 is 0 Å². The Bertz CT molecular complexity index is 377. The molecular formula is C9H18N6O. The van der Waals surface area contributed by atoms with Crippen molar-refractivity contribution in [2.24, 2.45) is 34.4 Å². The summed E-state index contributed by atoms with van der Waals surface area (Å²) in [7, 11) is 0. The molecule has 0 spiro atoms. The van der Waals surface area contributed by atoms with E-state index in [2.05, 4.69) is 0 Å². The monoisotopic (exact) mass is 226 g/mol. The van der Waals surface area contributed by atoms with Crippen molar-refractivity contribution in [2.45, 2.75) is 18.5 Å². The maximum Gasteiger partial charge on any atom is 0.122 e. The molecule has 16 heavy (non-hydrogen) atoms. The first-order valence-electron chi connectivity index (χ1n) is 4.74. The van der Waals surface area contributed by atoms with Crippen molar-refractivity contribution in [3.8, 4) is 5.75 Å². The second-order valence-electron chi connectivity index (χ2n) is 3.62. The Kier molecular flexibility index (Phi) is 3.81. The molecular weight excluding hydrogens is 208 g/mol. The predicted molar refractivity (Wildman–Crippen MR) is 61.5 cm³/mol. The maximum atomic E-state index is 9.66. The van der Waals surface area contributed by atoms with Crippen LogP contribution in [0.25, 0.3) is 0 Å². The average Bonchev–Trinajstić information content (AvgIpc) is 2.15. The van der Waals surface area contributed by atoms with E-state index in [0.717, 1.165) is 0 Å². The summed E-state index contributed by atoms with van der Waals surface area (Å²) in [4.78, 5) is 0. The van der Waals surface area contributed by atoms with E-state index in [0.29, 0.717) is 16.7 Å². The van der Waals surface area contributed by atoms with Gasteiger partial charge in [0.05, 0.1) is 18.5 Å². The van der Waals surface area contributed by atoms with Gasteiger partial charge in [-0.25, -0.2) is 0 Å². The molecule has 0 heterocycles. The molecule has 7 nitrogen and oxygen atoms in total. The lowest BCUT2D eigenvalue weighted by Crippen LogP contribution is -2.29. The molecule has 0 atom stereocenters. The molecule has 0 radical (unpaired) electrons. The maximum absolute atomic E-state index is 9.66. The Labute approximate surface area is 93.4 Å². The molecule has 0 unspecified atom stereocenters. The van der Waals surface area contributed by atoms with E-state index in [1.165, 1.54) is 12.1 Å². The number of rotatable bonds is 3. The zero-order valence-electron chi connectivity index (χ0n) is 8.80. The number of nitrogens with two attached hydrogens (primary N) is 6. The third-order valence-electron chi connectivity index (χ3n) is 2.31. The number of benzene rings is 1. The first kappa shape index (κ1) is 12.8. The Hall–Kier alpha value is -1.22. The average molecular weight is 226 g/mol. The number of phenolic OH excluding ortho intramolecular Hbond substituents is 1. The predicted octanol–water partition coefficient (Wildman–Crippen LogP) is -1.86. The minimum Gasteiger partial charge on any atom is -0.508 e. The van der Waals surface area contributed by atoms with Gasteiger partial charge in [0.25, 0.3) is 0 Å². The highest BCUT2D eigenvalue weighted by Crippen LogP contribution is 2.28. The lowest BCUT2D eigenvalue weighted by atomic mass is 9.98. The van der Waals surface area contributed by atoms with Crippen molar-refractivity contribution in [1.82, 2.24) is 0 Å². The third kappa shape index (κ3) is 2.47. The lowest BCUT2D eigenvalue weighted by Gasteiger charge is -2.19. The molecule has 1 aromatic rings. The summed E-state index contributed by atoms with van der Waals surface area (Å²) in [5, 5.41) is 9.66. The molecule has 1 rings (SSSR count). The van der Waals surface area contributed by atoms with Crippen LogP contribution in [0.4, 0.5) is 0 Å². The third-order valence-corrected chi connectivity index (χ3v) is 2.31. The van der Waals surface area contributed by atoms with Crippen LogP contribution in [-0.4, -0.2) is 5.11 Å². The van der Waals surface area contributed by atoms with Gasteiger partial charge in [0.1, 0.15) is 5.75 Å². The summed E-state index contributed by atoms with van der Waals surface area (Å²) in [6, 6.07) is 2.90. The molecule has 0 saturated heterocycles.